The summed E-state index contributed by atoms with van der Waals surface area (Å²) in [4.78, 5) is 18.1. The predicted octanol–water partition coefficient (Wildman–Crippen LogP) is 4.57. The van der Waals surface area contributed by atoms with E-state index < -0.39 is 0 Å². The molecular formula is C18H18N2OS2. The van der Waals surface area contributed by atoms with Gasteiger partial charge in [-0.2, -0.15) is 4.99 Å². The third-order valence-electron chi connectivity index (χ3n) is 3.64. The highest BCUT2D eigenvalue weighted by Crippen LogP contribution is 2.23. The third-order valence-corrected chi connectivity index (χ3v) is 5.57. The van der Waals surface area contributed by atoms with Gasteiger partial charge in [0.2, 0.25) is 0 Å². The van der Waals surface area contributed by atoms with Crippen molar-refractivity contribution in [3.05, 3.63) is 57.0 Å². The van der Waals surface area contributed by atoms with Crippen LogP contribution in [0.3, 0.4) is 0 Å². The van der Waals surface area contributed by atoms with Crippen LogP contribution in [0.1, 0.15) is 30.2 Å². The highest BCUT2D eigenvalue weighted by molar-refractivity contribution is 7.16. The summed E-state index contributed by atoms with van der Waals surface area (Å²) in [6.07, 6.45) is 3.33. The van der Waals surface area contributed by atoms with Gasteiger partial charge in [-0.15, -0.1) is 11.3 Å². The number of fused-ring (bicyclic) bond motifs is 1. The van der Waals surface area contributed by atoms with Crippen molar-refractivity contribution in [2.24, 2.45) is 12.0 Å². The Morgan fingerprint density at radius 2 is 2.13 bits per heavy atom. The molecule has 0 spiro atoms. The number of carbonyl (C=O) groups excluding carboxylic acids is 1. The molecule has 3 aromatic rings. The molecule has 0 atom stereocenters. The van der Waals surface area contributed by atoms with Crippen LogP contribution in [-0.4, -0.2) is 10.5 Å². The third kappa shape index (κ3) is 3.51. The second-order valence-electron chi connectivity index (χ2n) is 5.62. The van der Waals surface area contributed by atoms with E-state index in [2.05, 4.69) is 37.0 Å². The molecule has 0 N–H and O–H groups in total. The van der Waals surface area contributed by atoms with Gasteiger partial charge in [0, 0.05) is 18.0 Å². The summed E-state index contributed by atoms with van der Waals surface area (Å²) in [7, 11) is 1.95. The molecule has 118 valence electrons. The maximum Gasteiger partial charge on any atom is 0.272 e. The molecule has 0 unspecified atom stereocenters. The largest absolute Gasteiger partial charge is 0.319 e. The lowest BCUT2D eigenvalue weighted by Gasteiger charge is -2.04. The molecule has 5 heteroatoms. The van der Waals surface area contributed by atoms with E-state index in [-0.39, 0.29) is 5.91 Å². The van der Waals surface area contributed by atoms with Gasteiger partial charge in [0.15, 0.2) is 4.80 Å². The van der Waals surface area contributed by atoms with Crippen molar-refractivity contribution in [3.8, 4) is 0 Å². The average molecular weight is 342 g/mol. The molecule has 0 bridgehead atoms. The monoisotopic (exact) mass is 342 g/mol. The van der Waals surface area contributed by atoms with E-state index in [1.165, 1.54) is 11.6 Å². The molecule has 3 rings (SSSR count). The molecule has 1 aromatic carbocycles. The van der Waals surface area contributed by atoms with Crippen LogP contribution in [0.15, 0.2) is 46.8 Å². The van der Waals surface area contributed by atoms with Gasteiger partial charge in [-0.25, -0.2) is 0 Å². The Bertz CT molecular complexity index is 928. The molecular weight excluding hydrogens is 324 g/mol. The minimum Gasteiger partial charge on any atom is -0.319 e. The van der Waals surface area contributed by atoms with Gasteiger partial charge in [0.25, 0.3) is 5.91 Å². The quantitative estimate of drug-likeness (QED) is 0.642. The second kappa shape index (κ2) is 6.64. The normalized spacial score (nSPS) is 12.8. The lowest BCUT2D eigenvalue weighted by Crippen LogP contribution is -2.12. The second-order valence-corrected chi connectivity index (χ2v) is 7.61. The minimum absolute atomic E-state index is 0.232. The molecule has 0 saturated carbocycles. The number of hydrogen-bond acceptors (Lipinski definition) is 3. The van der Waals surface area contributed by atoms with Crippen molar-refractivity contribution >= 4 is 44.9 Å². The Hall–Kier alpha value is -1.98. The number of benzene rings is 1. The van der Waals surface area contributed by atoms with Gasteiger partial charge in [-0.1, -0.05) is 37.3 Å². The zero-order chi connectivity index (χ0) is 16.4. The topological polar surface area (TPSA) is 34.4 Å². The summed E-state index contributed by atoms with van der Waals surface area (Å²) in [6, 6.07) is 10.4. The molecule has 0 saturated heterocycles. The van der Waals surface area contributed by atoms with E-state index in [1.54, 1.807) is 28.7 Å². The number of nitrogens with zero attached hydrogens (tertiary/aromatic N) is 2. The van der Waals surface area contributed by atoms with Crippen molar-refractivity contribution in [3.63, 3.8) is 0 Å². The lowest BCUT2D eigenvalue weighted by atomic mass is 10.0. The Balaban J connectivity index is 1.95. The number of hydrogen-bond donors (Lipinski definition) is 0. The first kappa shape index (κ1) is 15.9. The number of aryl methyl sites for hydroxylation is 1. The SMILES string of the molecule is CC(C)c1ccc2c(c1)sc(=NC(=O)/C=C/c1cccs1)n2C. The Kier molecular flexibility index (Phi) is 4.59. The average Bonchev–Trinajstić information content (AvgIpc) is 3.14. The van der Waals surface area contributed by atoms with E-state index >= 15 is 0 Å². The summed E-state index contributed by atoms with van der Waals surface area (Å²) >= 11 is 3.15. The fourth-order valence-corrected chi connectivity index (χ4v) is 3.98. The number of thiophene rings is 1. The summed E-state index contributed by atoms with van der Waals surface area (Å²) < 4.78 is 3.13. The Labute approximate surface area is 143 Å². The van der Waals surface area contributed by atoms with Gasteiger partial charge in [0.1, 0.15) is 0 Å². The summed E-state index contributed by atoms with van der Waals surface area (Å²) in [6.45, 7) is 4.36. The van der Waals surface area contributed by atoms with Gasteiger partial charge in [0.05, 0.1) is 10.2 Å². The standard InChI is InChI=1S/C18H18N2OS2/c1-12(2)13-6-8-15-16(11-13)23-18(20(15)3)19-17(21)9-7-14-5-4-10-22-14/h4-12H,1-3H3/b9-7+,19-18?. The molecule has 0 aliphatic heterocycles. The fourth-order valence-electron chi connectivity index (χ4n) is 2.29. The number of carbonyl (C=O) groups is 1. The van der Waals surface area contributed by atoms with Crippen LogP contribution < -0.4 is 4.80 Å². The van der Waals surface area contributed by atoms with Crippen LogP contribution >= 0.6 is 22.7 Å². The molecule has 2 heterocycles. The van der Waals surface area contributed by atoms with Crippen molar-refractivity contribution in [1.29, 1.82) is 0 Å². The summed E-state index contributed by atoms with van der Waals surface area (Å²) in [5.41, 5.74) is 2.41. The minimum atomic E-state index is -0.232. The van der Waals surface area contributed by atoms with Crippen molar-refractivity contribution in [2.45, 2.75) is 19.8 Å². The van der Waals surface area contributed by atoms with Crippen molar-refractivity contribution in [1.82, 2.24) is 4.57 Å². The maximum atomic E-state index is 12.1. The van der Waals surface area contributed by atoms with Crippen LogP contribution in [-0.2, 0) is 11.8 Å². The van der Waals surface area contributed by atoms with Crippen molar-refractivity contribution in [2.75, 3.05) is 0 Å². The number of thiazole rings is 1. The van der Waals surface area contributed by atoms with E-state index in [0.717, 1.165) is 19.9 Å². The van der Waals surface area contributed by atoms with E-state index in [9.17, 15) is 4.79 Å². The Morgan fingerprint density at radius 1 is 1.30 bits per heavy atom. The highest BCUT2D eigenvalue weighted by atomic mass is 32.1. The molecule has 0 aliphatic rings. The van der Waals surface area contributed by atoms with Crippen LogP contribution in [0.2, 0.25) is 0 Å². The summed E-state index contributed by atoms with van der Waals surface area (Å²) in [5, 5.41) is 1.99. The van der Waals surface area contributed by atoms with Crippen LogP contribution in [0, 0.1) is 0 Å². The van der Waals surface area contributed by atoms with Gasteiger partial charge in [-0.3, -0.25) is 4.79 Å². The lowest BCUT2D eigenvalue weighted by molar-refractivity contribution is -0.113. The fraction of sp³-hybridized carbons (Fsp3) is 0.222. The molecule has 1 amide bonds. The number of amides is 1. The zero-order valence-electron chi connectivity index (χ0n) is 13.3. The molecule has 2 aromatic heterocycles. The first-order valence-corrected chi connectivity index (χ1v) is 9.14. The molecule has 0 aliphatic carbocycles. The Morgan fingerprint density at radius 3 is 2.83 bits per heavy atom. The summed E-state index contributed by atoms with van der Waals surface area (Å²) in [5.74, 6) is 0.257. The first-order chi connectivity index (χ1) is 11.0. The van der Waals surface area contributed by atoms with E-state index in [0.29, 0.717) is 5.92 Å². The molecule has 0 radical (unpaired) electrons. The number of rotatable bonds is 3. The molecule has 23 heavy (non-hydrogen) atoms. The first-order valence-electron chi connectivity index (χ1n) is 7.44. The van der Waals surface area contributed by atoms with Crippen molar-refractivity contribution < 1.29 is 4.79 Å². The van der Waals surface area contributed by atoms with E-state index in [1.807, 2.05) is 29.1 Å². The van der Waals surface area contributed by atoms with E-state index in [4.69, 9.17) is 0 Å². The zero-order valence-corrected chi connectivity index (χ0v) is 14.9. The highest BCUT2D eigenvalue weighted by Gasteiger charge is 2.06. The van der Waals surface area contributed by atoms with Crippen LogP contribution in [0.4, 0.5) is 0 Å². The predicted molar refractivity (Wildman–Crippen MR) is 98.8 cm³/mol. The van der Waals surface area contributed by atoms with Gasteiger partial charge >= 0.3 is 0 Å². The smallest absolute Gasteiger partial charge is 0.272 e. The van der Waals surface area contributed by atoms with Crippen LogP contribution in [0.25, 0.3) is 16.3 Å². The van der Waals surface area contributed by atoms with Gasteiger partial charge in [-0.05, 0) is 41.1 Å². The molecule has 0 fully saturated rings. The van der Waals surface area contributed by atoms with Gasteiger partial charge < -0.3 is 4.57 Å². The maximum absolute atomic E-state index is 12.1. The molecule has 3 nitrogen and oxygen atoms in total. The van der Waals surface area contributed by atoms with Crippen LogP contribution in [0.5, 0.6) is 0 Å². The number of aromatic nitrogens is 1.